The van der Waals surface area contributed by atoms with Crippen molar-refractivity contribution in [1.82, 2.24) is 9.97 Å². The highest BCUT2D eigenvalue weighted by atomic mass is 16.6. The van der Waals surface area contributed by atoms with E-state index in [-0.39, 0.29) is 11.6 Å². The van der Waals surface area contributed by atoms with E-state index in [4.69, 9.17) is 0 Å². The number of pyridine rings is 2. The lowest BCUT2D eigenvalue weighted by atomic mass is 10.0. The highest BCUT2D eigenvalue weighted by molar-refractivity contribution is 5.99. The van der Waals surface area contributed by atoms with E-state index in [9.17, 15) is 14.9 Å². The van der Waals surface area contributed by atoms with Gasteiger partial charge in [0.1, 0.15) is 18.1 Å². The number of amides is 1. The van der Waals surface area contributed by atoms with Crippen LogP contribution in [0.4, 0.5) is 17.2 Å². The first kappa shape index (κ1) is 15.9. The van der Waals surface area contributed by atoms with E-state index < -0.39 is 11.0 Å². The summed E-state index contributed by atoms with van der Waals surface area (Å²) in [7, 11) is 0. The van der Waals surface area contributed by atoms with Gasteiger partial charge in [-0.25, -0.2) is 4.98 Å². The molecule has 1 saturated heterocycles. The summed E-state index contributed by atoms with van der Waals surface area (Å²) >= 11 is 0. The molecule has 0 unspecified atom stereocenters. The van der Waals surface area contributed by atoms with Crippen LogP contribution in [0.15, 0.2) is 36.8 Å². The number of nitrogens with one attached hydrogen (secondary N) is 1. The molecular weight excluding hydrogens is 310 g/mol. The quantitative estimate of drug-likeness (QED) is 0.683. The third kappa shape index (κ3) is 3.17. The molecule has 124 valence electrons. The number of carbonyl (C=O) groups is 1. The molecule has 3 rings (SSSR count). The number of hydrogen-bond acceptors (Lipinski definition) is 6. The molecule has 1 aliphatic rings. The minimum absolute atomic E-state index is 0.0347. The van der Waals surface area contributed by atoms with Gasteiger partial charge in [-0.05, 0) is 38.0 Å². The van der Waals surface area contributed by atoms with Crippen molar-refractivity contribution in [3.05, 3.63) is 52.5 Å². The molecule has 0 radical (unpaired) electrons. The highest BCUT2D eigenvalue weighted by Crippen LogP contribution is 2.24. The first-order valence-electron chi connectivity index (χ1n) is 7.65. The van der Waals surface area contributed by atoms with Crippen LogP contribution in [0.2, 0.25) is 0 Å². The van der Waals surface area contributed by atoms with Gasteiger partial charge in [0.25, 0.3) is 5.69 Å². The van der Waals surface area contributed by atoms with Crippen LogP contribution in [0.25, 0.3) is 0 Å². The zero-order valence-corrected chi connectivity index (χ0v) is 13.2. The normalized spacial score (nSPS) is 17.6. The van der Waals surface area contributed by atoms with Gasteiger partial charge < -0.3 is 10.2 Å². The van der Waals surface area contributed by atoms with E-state index in [0.29, 0.717) is 24.3 Å². The zero-order chi connectivity index (χ0) is 17.1. The van der Waals surface area contributed by atoms with Gasteiger partial charge in [0.15, 0.2) is 0 Å². The fourth-order valence-electron chi connectivity index (χ4n) is 2.78. The number of nitrogens with zero attached hydrogens (tertiary/aromatic N) is 4. The van der Waals surface area contributed by atoms with Gasteiger partial charge in [-0.15, -0.1) is 0 Å². The van der Waals surface area contributed by atoms with Crippen molar-refractivity contribution < 1.29 is 9.72 Å². The number of piperidine rings is 1. The Morgan fingerprint density at radius 2 is 2.25 bits per heavy atom. The maximum Gasteiger partial charge on any atom is 0.290 e. The van der Waals surface area contributed by atoms with Gasteiger partial charge in [-0.3, -0.25) is 19.9 Å². The summed E-state index contributed by atoms with van der Waals surface area (Å²) in [4.78, 5) is 32.9. The maximum absolute atomic E-state index is 12.7. The summed E-state index contributed by atoms with van der Waals surface area (Å²) in [6.07, 6.45) is 6.08. The second kappa shape index (κ2) is 6.61. The molecule has 24 heavy (non-hydrogen) atoms. The van der Waals surface area contributed by atoms with Crippen LogP contribution in [0.1, 0.15) is 18.4 Å². The van der Waals surface area contributed by atoms with Crippen LogP contribution in [-0.4, -0.2) is 33.4 Å². The molecule has 2 aromatic rings. The Balaban J connectivity index is 1.76. The largest absolute Gasteiger partial charge is 0.358 e. The molecule has 3 heterocycles. The highest BCUT2D eigenvalue weighted by Gasteiger charge is 2.30. The lowest BCUT2D eigenvalue weighted by molar-refractivity contribution is -0.385. The summed E-state index contributed by atoms with van der Waals surface area (Å²) < 4.78 is 0. The predicted octanol–water partition coefficient (Wildman–Crippen LogP) is 2.30. The lowest BCUT2D eigenvalue weighted by Gasteiger charge is -2.32. The van der Waals surface area contributed by atoms with E-state index in [1.807, 2.05) is 6.07 Å². The Labute approximate surface area is 138 Å². The van der Waals surface area contributed by atoms with Crippen molar-refractivity contribution in [3.63, 3.8) is 0 Å². The monoisotopic (exact) mass is 327 g/mol. The molecule has 1 fully saturated rings. The first-order valence-corrected chi connectivity index (χ1v) is 7.65. The summed E-state index contributed by atoms with van der Waals surface area (Å²) in [6.45, 7) is 2.30. The van der Waals surface area contributed by atoms with E-state index in [1.165, 1.54) is 6.20 Å². The lowest BCUT2D eigenvalue weighted by Crippen LogP contribution is -2.47. The number of hydrogen-bond donors (Lipinski definition) is 1. The number of aryl methyl sites for hydroxylation is 1. The minimum atomic E-state index is -0.470. The number of rotatable bonds is 4. The fourth-order valence-corrected chi connectivity index (χ4v) is 2.78. The van der Waals surface area contributed by atoms with Crippen molar-refractivity contribution in [2.45, 2.75) is 25.8 Å². The van der Waals surface area contributed by atoms with Gasteiger partial charge in [-0.2, -0.15) is 0 Å². The Bertz CT molecular complexity index is 766. The Kier molecular flexibility index (Phi) is 4.37. The molecule has 0 saturated carbocycles. The summed E-state index contributed by atoms with van der Waals surface area (Å²) in [5, 5.41) is 13.9. The van der Waals surface area contributed by atoms with E-state index in [2.05, 4.69) is 15.3 Å². The first-order chi connectivity index (χ1) is 11.6. The van der Waals surface area contributed by atoms with Crippen LogP contribution in [0.3, 0.4) is 0 Å². The van der Waals surface area contributed by atoms with Gasteiger partial charge in [-0.1, -0.05) is 0 Å². The molecule has 0 bridgehead atoms. The van der Waals surface area contributed by atoms with E-state index >= 15 is 0 Å². The SMILES string of the molecule is Cc1cc(N[C@H]2CCCN(c3cccnc3)C2=O)ncc1[N+](=O)[O-]. The number of anilines is 2. The van der Waals surface area contributed by atoms with Crippen molar-refractivity contribution in [1.29, 1.82) is 0 Å². The van der Waals surface area contributed by atoms with Crippen LogP contribution in [0.5, 0.6) is 0 Å². The molecule has 1 amide bonds. The average molecular weight is 327 g/mol. The Morgan fingerprint density at radius 3 is 2.92 bits per heavy atom. The zero-order valence-electron chi connectivity index (χ0n) is 13.2. The second-order valence-electron chi connectivity index (χ2n) is 5.65. The molecule has 0 aliphatic carbocycles. The molecule has 0 aromatic carbocycles. The maximum atomic E-state index is 12.7. The topological polar surface area (TPSA) is 101 Å². The molecule has 0 spiro atoms. The third-order valence-corrected chi connectivity index (χ3v) is 4.00. The van der Waals surface area contributed by atoms with Crippen molar-refractivity contribution in [2.24, 2.45) is 0 Å². The molecular formula is C16H17N5O3. The third-order valence-electron chi connectivity index (χ3n) is 4.00. The fraction of sp³-hybridized carbons (Fsp3) is 0.312. The molecule has 2 aromatic heterocycles. The Morgan fingerprint density at radius 1 is 1.42 bits per heavy atom. The molecule has 8 nitrogen and oxygen atoms in total. The molecule has 8 heteroatoms. The summed E-state index contributed by atoms with van der Waals surface area (Å²) in [5.41, 5.74) is 1.24. The number of nitro groups is 1. The smallest absolute Gasteiger partial charge is 0.290 e. The second-order valence-corrected chi connectivity index (χ2v) is 5.65. The van der Waals surface area contributed by atoms with E-state index in [1.54, 1.807) is 36.4 Å². The predicted molar refractivity (Wildman–Crippen MR) is 88.9 cm³/mol. The average Bonchev–Trinajstić information content (AvgIpc) is 2.57. The number of aromatic nitrogens is 2. The molecule has 1 atom stereocenters. The molecule has 1 N–H and O–H groups in total. The van der Waals surface area contributed by atoms with Crippen LogP contribution < -0.4 is 10.2 Å². The van der Waals surface area contributed by atoms with Crippen LogP contribution in [-0.2, 0) is 4.79 Å². The standard InChI is InChI=1S/C16H17N5O3/c1-11-8-15(18-10-14(11)21(23)24)19-13-5-3-7-20(16(13)22)12-4-2-6-17-9-12/h2,4,6,8-10,13H,3,5,7H2,1H3,(H,18,19)/t13-/m0/s1. The van der Waals surface area contributed by atoms with Gasteiger partial charge in [0, 0.05) is 18.3 Å². The summed E-state index contributed by atoms with van der Waals surface area (Å²) in [6, 6.07) is 4.82. The van der Waals surface area contributed by atoms with Gasteiger partial charge >= 0.3 is 0 Å². The van der Waals surface area contributed by atoms with Gasteiger partial charge in [0.05, 0.1) is 16.8 Å². The van der Waals surface area contributed by atoms with E-state index in [0.717, 1.165) is 12.1 Å². The van der Waals surface area contributed by atoms with Crippen molar-refractivity contribution in [3.8, 4) is 0 Å². The minimum Gasteiger partial charge on any atom is -0.358 e. The van der Waals surface area contributed by atoms with Crippen LogP contribution >= 0.6 is 0 Å². The van der Waals surface area contributed by atoms with Crippen molar-refractivity contribution >= 4 is 23.1 Å². The van der Waals surface area contributed by atoms with Gasteiger partial charge in [0.2, 0.25) is 5.91 Å². The molecule has 1 aliphatic heterocycles. The van der Waals surface area contributed by atoms with Crippen molar-refractivity contribution in [2.75, 3.05) is 16.8 Å². The Hall–Kier alpha value is -3.03. The summed E-state index contributed by atoms with van der Waals surface area (Å²) in [5.74, 6) is 0.413. The van der Waals surface area contributed by atoms with Crippen LogP contribution in [0, 0.1) is 17.0 Å². The number of carbonyl (C=O) groups excluding carboxylic acids is 1.